The minimum Gasteiger partial charge on any atom is -0.495 e. The summed E-state index contributed by atoms with van der Waals surface area (Å²) in [6.45, 7) is 2.76. The van der Waals surface area contributed by atoms with Crippen molar-refractivity contribution in [1.29, 1.82) is 0 Å². The highest BCUT2D eigenvalue weighted by Gasteiger charge is 2.35. The average molecular weight is 482 g/mol. The quantitative estimate of drug-likeness (QED) is 0.443. The summed E-state index contributed by atoms with van der Waals surface area (Å²) in [5, 5.41) is 4.89. The molecule has 34 heavy (non-hydrogen) atoms. The number of rotatable bonds is 9. The molecule has 0 aliphatic heterocycles. The normalized spacial score (nSPS) is 12.8. The van der Waals surface area contributed by atoms with Crippen molar-refractivity contribution in [2.75, 3.05) is 19.0 Å². The fourth-order valence-corrected chi connectivity index (χ4v) is 4.64. The number of methoxy groups -OCH3 is 1. The van der Waals surface area contributed by atoms with Crippen LogP contribution in [0.1, 0.15) is 28.8 Å². The van der Waals surface area contributed by atoms with Crippen molar-refractivity contribution in [2.24, 2.45) is 0 Å². The number of aryl methyl sites for hydroxylation is 1. The van der Waals surface area contributed by atoms with Crippen molar-refractivity contribution in [2.45, 2.75) is 38.9 Å². The molecule has 1 N–H and O–H groups in total. The Morgan fingerprint density at radius 3 is 2.47 bits per heavy atom. The molecular weight excluding hydrogens is 453 g/mol. The van der Waals surface area contributed by atoms with Gasteiger partial charge in [-0.05, 0) is 66.6 Å². The monoisotopic (exact) mass is 481 g/mol. The van der Waals surface area contributed by atoms with Gasteiger partial charge >= 0.3 is 6.03 Å². The molecule has 0 radical (unpaired) electrons. The molecule has 0 unspecified atom stereocenters. The second kappa shape index (κ2) is 10.7. The Morgan fingerprint density at radius 1 is 1.09 bits per heavy atom. The van der Waals surface area contributed by atoms with Gasteiger partial charge in [0.25, 0.3) is 0 Å². The van der Waals surface area contributed by atoms with Crippen LogP contribution in [0.25, 0.3) is 0 Å². The SMILES string of the molecule is COc1ccccc1NC(=O)N(CC(=O)N(Cc1ccc(F)cc1)Cc1sccc1C)C1CC1. The van der Waals surface area contributed by atoms with E-state index in [2.05, 4.69) is 5.32 Å². The van der Waals surface area contributed by atoms with Crippen LogP contribution in [-0.4, -0.2) is 41.4 Å². The highest BCUT2D eigenvalue weighted by Crippen LogP contribution is 2.30. The summed E-state index contributed by atoms with van der Waals surface area (Å²) < 4.78 is 18.7. The van der Waals surface area contributed by atoms with Crippen LogP contribution in [0.15, 0.2) is 60.0 Å². The van der Waals surface area contributed by atoms with Gasteiger partial charge in [0, 0.05) is 17.5 Å². The second-order valence-corrected chi connectivity index (χ2v) is 9.39. The number of anilines is 1. The lowest BCUT2D eigenvalue weighted by molar-refractivity contribution is -0.133. The molecule has 0 atom stereocenters. The summed E-state index contributed by atoms with van der Waals surface area (Å²) in [7, 11) is 1.55. The molecule has 0 saturated heterocycles. The number of nitrogens with zero attached hydrogens (tertiary/aromatic N) is 2. The zero-order valence-electron chi connectivity index (χ0n) is 19.3. The molecule has 2 aromatic carbocycles. The van der Waals surface area contributed by atoms with E-state index in [1.54, 1.807) is 52.5 Å². The molecule has 1 aromatic heterocycles. The molecule has 1 aliphatic carbocycles. The molecule has 0 bridgehead atoms. The van der Waals surface area contributed by atoms with Gasteiger partial charge in [-0.2, -0.15) is 0 Å². The lowest BCUT2D eigenvalue weighted by atomic mass is 10.2. The summed E-state index contributed by atoms with van der Waals surface area (Å²) in [5.41, 5.74) is 2.51. The summed E-state index contributed by atoms with van der Waals surface area (Å²) in [6, 6.07) is 15.1. The number of hydrogen-bond donors (Lipinski definition) is 1. The lowest BCUT2D eigenvalue weighted by Crippen LogP contribution is -2.45. The smallest absolute Gasteiger partial charge is 0.322 e. The first-order valence-electron chi connectivity index (χ1n) is 11.2. The highest BCUT2D eigenvalue weighted by atomic mass is 32.1. The summed E-state index contributed by atoms with van der Waals surface area (Å²) in [5.74, 6) is 0.0897. The Kier molecular flexibility index (Phi) is 7.47. The van der Waals surface area contributed by atoms with E-state index in [0.29, 0.717) is 24.5 Å². The Bertz CT molecular complexity index is 1140. The Morgan fingerprint density at radius 2 is 1.82 bits per heavy atom. The predicted octanol–water partition coefficient (Wildman–Crippen LogP) is 5.43. The number of benzene rings is 2. The second-order valence-electron chi connectivity index (χ2n) is 8.39. The fraction of sp³-hybridized carbons (Fsp3) is 0.308. The molecule has 0 spiro atoms. The number of nitrogens with one attached hydrogen (secondary N) is 1. The number of hydrogen-bond acceptors (Lipinski definition) is 4. The van der Waals surface area contributed by atoms with Gasteiger partial charge in [-0.25, -0.2) is 9.18 Å². The molecule has 3 aromatic rings. The van der Waals surface area contributed by atoms with Crippen molar-refractivity contribution >= 4 is 29.0 Å². The number of carbonyl (C=O) groups excluding carboxylic acids is 2. The summed E-state index contributed by atoms with van der Waals surface area (Å²) >= 11 is 1.60. The molecule has 1 fully saturated rings. The summed E-state index contributed by atoms with van der Waals surface area (Å²) in [4.78, 5) is 31.0. The number of amides is 3. The van der Waals surface area contributed by atoms with Gasteiger partial charge in [0.2, 0.25) is 5.91 Å². The molecule has 1 aliphatic rings. The molecule has 1 saturated carbocycles. The van der Waals surface area contributed by atoms with E-state index < -0.39 is 0 Å². The standard InChI is InChI=1S/C26H28FN3O3S/c1-18-13-14-34-24(18)16-29(15-19-7-9-20(27)10-8-19)25(31)17-30(21-11-12-21)26(32)28-22-5-3-4-6-23(22)33-2/h3-10,13-14,21H,11-12,15-17H2,1-2H3,(H,28,32). The Labute approximate surface area is 203 Å². The first-order chi connectivity index (χ1) is 16.4. The van der Waals surface area contributed by atoms with Crippen LogP contribution in [0.2, 0.25) is 0 Å². The van der Waals surface area contributed by atoms with Crippen LogP contribution < -0.4 is 10.1 Å². The zero-order valence-corrected chi connectivity index (χ0v) is 20.1. The van der Waals surface area contributed by atoms with Crippen LogP contribution in [0.4, 0.5) is 14.9 Å². The molecule has 6 nitrogen and oxygen atoms in total. The molecule has 178 valence electrons. The predicted molar refractivity (Wildman–Crippen MR) is 131 cm³/mol. The minimum atomic E-state index is -0.325. The van der Waals surface area contributed by atoms with Crippen molar-refractivity contribution in [1.82, 2.24) is 9.80 Å². The third kappa shape index (κ3) is 5.94. The minimum absolute atomic E-state index is 0.0305. The van der Waals surface area contributed by atoms with E-state index in [4.69, 9.17) is 4.74 Å². The van der Waals surface area contributed by atoms with E-state index in [-0.39, 0.29) is 30.3 Å². The van der Waals surface area contributed by atoms with Crippen molar-refractivity contribution in [3.8, 4) is 5.75 Å². The van der Waals surface area contributed by atoms with Crippen molar-refractivity contribution in [3.63, 3.8) is 0 Å². The Balaban J connectivity index is 1.51. The van der Waals surface area contributed by atoms with E-state index in [1.165, 1.54) is 12.1 Å². The van der Waals surface area contributed by atoms with Crippen molar-refractivity contribution in [3.05, 3.63) is 81.8 Å². The molecule has 8 heteroatoms. The molecular formula is C26H28FN3O3S. The number of para-hydroxylation sites is 2. The van der Waals surface area contributed by atoms with Gasteiger partial charge in [-0.15, -0.1) is 11.3 Å². The highest BCUT2D eigenvalue weighted by molar-refractivity contribution is 7.10. The molecule has 4 rings (SSSR count). The zero-order chi connectivity index (χ0) is 24.1. The first kappa shape index (κ1) is 23.8. The summed E-state index contributed by atoms with van der Waals surface area (Å²) in [6.07, 6.45) is 1.74. The van der Waals surface area contributed by atoms with Crippen LogP contribution in [0.3, 0.4) is 0 Å². The van der Waals surface area contributed by atoms with Gasteiger partial charge in [-0.3, -0.25) is 4.79 Å². The topological polar surface area (TPSA) is 61.9 Å². The average Bonchev–Trinajstić information content (AvgIpc) is 3.60. The van der Waals surface area contributed by atoms with E-state index in [1.807, 2.05) is 30.5 Å². The Hall–Kier alpha value is -3.39. The van der Waals surface area contributed by atoms with Gasteiger partial charge < -0.3 is 19.9 Å². The van der Waals surface area contributed by atoms with E-state index in [0.717, 1.165) is 28.8 Å². The number of thiophene rings is 1. The first-order valence-corrected chi connectivity index (χ1v) is 12.1. The van der Waals surface area contributed by atoms with Gasteiger partial charge in [0.05, 0.1) is 19.3 Å². The van der Waals surface area contributed by atoms with Crippen molar-refractivity contribution < 1.29 is 18.7 Å². The maximum absolute atomic E-state index is 13.5. The van der Waals surface area contributed by atoms with Crippen LogP contribution >= 0.6 is 11.3 Å². The van der Waals surface area contributed by atoms with Crippen LogP contribution in [0, 0.1) is 12.7 Å². The van der Waals surface area contributed by atoms with Crippen LogP contribution in [-0.2, 0) is 17.9 Å². The number of urea groups is 1. The third-order valence-corrected chi connectivity index (χ3v) is 6.85. The lowest BCUT2D eigenvalue weighted by Gasteiger charge is -2.28. The number of ether oxygens (including phenoxy) is 1. The number of halogens is 1. The molecule has 3 amide bonds. The molecule has 1 heterocycles. The maximum atomic E-state index is 13.5. The third-order valence-electron chi connectivity index (χ3n) is 5.84. The van der Waals surface area contributed by atoms with Gasteiger partial charge in [-0.1, -0.05) is 24.3 Å². The van der Waals surface area contributed by atoms with Gasteiger partial charge in [0.15, 0.2) is 0 Å². The fourth-order valence-electron chi connectivity index (χ4n) is 3.72. The van der Waals surface area contributed by atoms with Gasteiger partial charge in [0.1, 0.15) is 18.1 Å². The largest absolute Gasteiger partial charge is 0.495 e. The van der Waals surface area contributed by atoms with E-state index in [9.17, 15) is 14.0 Å². The maximum Gasteiger partial charge on any atom is 0.322 e. The number of carbonyl (C=O) groups is 2. The van der Waals surface area contributed by atoms with E-state index >= 15 is 0 Å². The van der Waals surface area contributed by atoms with Crippen LogP contribution in [0.5, 0.6) is 5.75 Å².